The van der Waals surface area contributed by atoms with Gasteiger partial charge >= 0.3 is 6.09 Å². The normalized spacial score (nSPS) is 17.7. The Labute approximate surface area is 284 Å². The number of carbonyl (C=O) groups is 2. The number of nitrogens with zero attached hydrogens (tertiary/aromatic N) is 2. The van der Waals surface area contributed by atoms with Crippen molar-refractivity contribution in [2.45, 2.75) is 90.6 Å². The zero-order valence-electron chi connectivity index (χ0n) is 28.8. The average molecular weight is 684 g/mol. The van der Waals surface area contributed by atoms with Crippen molar-refractivity contribution >= 4 is 42.3 Å². The molecule has 254 valence electrons. The fourth-order valence-electron chi connectivity index (χ4n) is 5.96. The van der Waals surface area contributed by atoms with Gasteiger partial charge in [-0.2, -0.15) is 0 Å². The van der Waals surface area contributed by atoms with Gasteiger partial charge in [0.1, 0.15) is 11.4 Å². The van der Waals surface area contributed by atoms with Crippen molar-refractivity contribution in [3.63, 3.8) is 0 Å². The highest BCUT2D eigenvalue weighted by Crippen LogP contribution is 2.37. The number of pyridine rings is 1. The topological polar surface area (TPSA) is 90.0 Å². The Hall–Kier alpha value is -3.31. The number of amides is 2. The van der Waals surface area contributed by atoms with Gasteiger partial charge in [0.25, 0.3) is 14.2 Å². The Morgan fingerprint density at radius 2 is 1.55 bits per heavy atom. The van der Waals surface area contributed by atoms with Crippen LogP contribution in [0.25, 0.3) is 0 Å². The number of ether oxygens (including phenoxy) is 2. The zero-order chi connectivity index (χ0) is 34.8. The Bertz CT molecular complexity index is 1520. The zero-order valence-corrected chi connectivity index (χ0v) is 30.6. The van der Waals surface area contributed by atoms with E-state index in [2.05, 4.69) is 55.3 Å². The Morgan fingerprint density at radius 1 is 1.00 bits per heavy atom. The van der Waals surface area contributed by atoms with Gasteiger partial charge < -0.3 is 19.2 Å². The van der Waals surface area contributed by atoms with Crippen LogP contribution in [0, 0.1) is 12.7 Å². The first-order valence-electron chi connectivity index (χ1n) is 15.9. The minimum absolute atomic E-state index is 0.0463. The second-order valence-corrected chi connectivity index (χ2v) is 19.3. The summed E-state index contributed by atoms with van der Waals surface area (Å²) in [7, 11) is -2.93. The van der Waals surface area contributed by atoms with Crippen LogP contribution < -0.4 is 15.7 Å². The Kier molecular flexibility index (Phi) is 10.9. The van der Waals surface area contributed by atoms with Crippen LogP contribution in [0.5, 0.6) is 0 Å². The van der Waals surface area contributed by atoms with E-state index in [1.165, 1.54) is 4.90 Å². The minimum atomic E-state index is -2.93. The summed E-state index contributed by atoms with van der Waals surface area (Å²) in [5.74, 6) is -0.995. The lowest BCUT2D eigenvalue weighted by molar-refractivity contribution is -0.144. The van der Waals surface area contributed by atoms with E-state index in [0.29, 0.717) is 5.69 Å². The molecule has 1 aromatic heterocycles. The predicted octanol–water partition coefficient (Wildman–Crippen LogP) is 6.11. The number of benzene rings is 2. The first-order valence-corrected chi connectivity index (χ1v) is 18.2. The third-order valence-electron chi connectivity index (χ3n) is 8.35. The van der Waals surface area contributed by atoms with E-state index in [-0.39, 0.29) is 35.4 Å². The summed E-state index contributed by atoms with van der Waals surface area (Å²) in [6.07, 6.45) is -0.485. The lowest BCUT2D eigenvalue weighted by atomic mass is 9.97. The summed E-state index contributed by atoms with van der Waals surface area (Å²) in [4.78, 5) is 33.0. The van der Waals surface area contributed by atoms with Crippen LogP contribution in [0.15, 0.2) is 66.9 Å². The van der Waals surface area contributed by atoms with Crippen molar-refractivity contribution in [3.05, 3.63) is 89.0 Å². The van der Waals surface area contributed by atoms with E-state index in [9.17, 15) is 14.0 Å². The van der Waals surface area contributed by atoms with Crippen LogP contribution in [0.3, 0.4) is 0 Å². The van der Waals surface area contributed by atoms with E-state index in [1.807, 2.05) is 36.4 Å². The molecule has 1 aliphatic rings. The molecule has 1 saturated heterocycles. The van der Waals surface area contributed by atoms with E-state index < -0.39 is 49.4 Å². The fraction of sp³-hybridized carbons (Fsp3) is 0.472. The van der Waals surface area contributed by atoms with Crippen molar-refractivity contribution in [1.82, 2.24) is 15.2 Å². The third kappa shape index (κ3) is 8.05. The standard InChI is InChI=1S/C36H47ClFN3O5Si/c1-24-28(38)20-39-31(30(24)37)36(8,9)40-32(42)29-21-41(33(43)46-34(2,3)4)25(22-44-29)23-45-47(35(5,6)7,26-16-12-10-13-17-26)27-18-14-11-15-19-27/h10-20,25,29H,21-23H2,1-9H3,(H,40,42)/t25-,29-/m0/s1. The maximum Gasteiger partial charge on any atom is 0.410 e. The van der Waals surface area contributed by atoms with E-state index >= 15 is 0 Å². The van der Waals surface area contributed by atoms with Crippen LogP contribution in [0.4, 0.5) is 9.18 Å². The summed E-state index contributed by atoms with van der Waals surface area (Å²) >= 11 is 6.42. The quantitative estimate of drug-likeness (QED) is 0.288. The van der Waals surface area contributed by atoms with Gasteiger partial charge in [0.05, 0.1) is 48.3 Å². The molecule has 4 rings (SSSR count). The third-order valence-corrected chi connectivity index (χ3v) is 13.8. The van der Waals surface area contributed by atoms with Gasteiger partial charge in [-0.25, -0.2) is 9.18 Å². The number of morpholine rings is 1. The first kappa shape index (κ1) is 36.5. The molecule has 0 radical (unpaired) electrons. The number of carbonyl (C=O) groups excluding carboxylic acids is 2. The minimum Gasteiger partial charge on any atom is -0.444 e. The van der Waals surface area contributed by atoms with Crippen molar-refractivity contribution in [2.24, 2.45) is 0 Å². The molecule has 1 aliphatic heterocycles. The predicted molar refractivity (Wildman–Crippen MR) is 185 cm³/mol. The molecule has 2 aromatic carbocycles. The highest BCUT2D eigenvalue weighted by Gasteiger charge is 2.51. The highest BCUT2D eigenvalue weighted by atomic mass is 35.5. The van der Waals surface area contributed by atoms with Gasteiger partial charge in [0, 0.05) is 5.56 Å². The van der Waals surface area contributed by atoms with Crippen molar-refractivity contribution in [3.8, 4) is 0 Å². The van der Waals surface area contributed by atoms with Crippen molar-refractivity contribution < 1.29 is 27.9 Å². The number of halogens is 2. The fourth-order valence-corrected chi connectivity index (χ4v) is 10.9. The second-order valence-electron chi connectivity index (χ2n) is 14.6. The Balaban J connectivity index is 1.63. The molecule has 47 heavy (non-hydrogen) atoms. The molecule has 0 aliphatic carbocycles. The van der Waals surface area contributed by atoms with Gasteiger partial charge in [0.15, 0.2) is 6.10 Å². The van der Waals surface area contributed by atoms with Crippen LogP contribution in [-0.2, 0) is 24.2 Å². The van der Waals surface area contributed by atoms with Gasteiger partial charge in [-0.15, -0.1) is 0 Å². The number of hydrogen-bond donors (Lipinski definition) is 1. The molecule has 0 unspecified atom stereocenters. The molecule has 8 nitrogen and oxygen atoms in total. The summed E-state index contributed by atoms with van der Waals surface area (Å²) in [6, 6.07) is 20.0. The largest absolute Gasteiger partial charge is 0.444 e. The number of nitrogens with one attached hydrogen (secondary N) is 1. The smallest absolute Gasteiger partial charge is 0.410 e. The molecule has 2 heterocycles. The second kappa shape index (κ2) is 14.0. The molecular weight excluding hydrogens is 637 g/mol. The molecule has 0 saturated carbocycles. The molecule has 0 bridgehead atoms. The lowest BCUT2D eigenvalue weighted by Crippen LogP contribution is -2.68. The van der Waals surface area contributed by atoms with Gasteiger partial charge in [-0.1, -0.05) is 93.0 Å². The summed E-state index contributed by atoms with van der Waals surface area (Å²) in [6.45, 7) is 17.1. The Morgan fingerprint density at radius 3 is 2.06 bits per heavy atom. The highest BCUT2D eigenvalue weighted by molar-refractivity contribution is 6.99. The SMILES string of the molecule is Cc1c(F)cnc(C(C)(C)NC(=O)[C@@H]2CN(C(=O)OC(C)(C)C)[C@H](CO[Si](c3ccccc3)(c3ccccc3)C(C)(C)C)CO2)c1Cl. The van der Waals surface area contributed by atoms with E-state index in [0.717, 1.165) is 16.6 Å². The number of hydrogen-bond acceptors (Lipinski definition) is 6. The van der Waals surface area contributed by atoms with Crippen LogP contribution >= 0.6 is 11.6 Å². The van der Waals surface area contributed by atoms with Gasteiger partial charge in [-0.3, -0.25) is 14.7 Å². The molecular formula is C36H47ClFN3O5Si. The first-order chi connectivity index (χ1) is 21.9. The summed E-state index contributed by atoms with van der Waals surface area (Å²) < 4.78 is 33.1. The van der Waals surface area contributed by atoms with Gasteiger partial charge in [-0.05, 0) is 57.0 Å². The maximum atomic E-state index is 14.1. The molecule has 3 aromatic rings. The van der Waals surface area contributed by atoms with Crippen LogP contribution in [0.2, 0.25) is 10.1 Å². The van der Waals surface area contributed by atoms with Crippen LogP contribution in [0.1, 0.15) is 66.6 Å². The van der Waals surface area contributed by atoms with E-state index in [1.54, 1.807) is 41.5 Å². The average Bonchev–Trinajstić information content (AvgIpc) is 2.99. The van der Waals surface area contributed by atoms with Crippen LogP contribution in [-0.4, -0.2) is 67.7 Å². The maximum absolute atomic E-state index is 14.1. The van der Waals surface area contributed by atoms with Crippen molar-refractivity contribution in [2.75, 3.05) is 19.8 Å². The number of rotatable bonds is 8. The molecule has 1 fully saturated rings. The monoisotopic (exact) mass is 683 g/mol. The molecule has 0 spiro atoms. The van der Waals surface area contributed by atoms with E-state index in [4.69, 9.17) is 25.5 Å². The summed E-state index contributed by atoms with van der Waals surface area (Å²) in [5, 5.41) is 5.02. The van der Waals surface area contributed by atoms with Crippen molar-refractivity contribution in [1.29, 1.82) is 0 Å². The lowest BCUT2D eigenvalue weighted by Gasteiger charge is -2.46. The molecule has 2 atom stereocenters. The number of aromatic nitrogens is 1. The molecule has 2 amide bonds. The van der Waals surface area contributed by atoms with Gasteiger partial charge in [0.2, 0.25) is 0 Å². The molecule has 11 heteroatoms. The molecule has 1 N–H and O–H groups in total. The summed E-state index contributed by atoms with van der Waals surface area (Å²) in [5.41, 5.74) is -1.26.